The highest BCUT2D eigenvalue weighted by Crippen LogP contribution is 2.06. The Morgan fingerprint density at radius 3 is 2.50 bits per heavy atom. The van der Waals surface area contributed by atoms with Gasteiger partial charge in [-0.2, -0.15) is 0 Å². The molecule has 0 bridgehead atoms. The first kappa shape index (κ1) is 13.7. The van der Waals surface area contributed by atoms with E-state index in [9.17, 15) is 14.0 Å². The van der Waals surface area contributed by atoms with Crippen LogP contribution in [0.15, 0.2) is 48.7 Å². The fraction of sp³-hybridized carbons (Fsp3) is 0.0714. The van der Waals surface area contributed by atoms with E-state index in [0.717, 1.165) is 0 Å². The SMILES string of the molecule is O=C(Cc1ccccc1F)NNC(=O)c1ccccn1. The summed E-state index contributed by atoms with van der Waals surface area (Å²) in [6, 6.07) is 10.8. The van der Waals surface area contributed by atoms with E-state index in [4.69, 9.17) is 0 Å². The van der Waals surface area contributed by atoms with Crippen molar-refractivity contribution >= 4 is 11.8 Å². The van der Waals surface area contributed by atoms with Gasteiger partial charge in [0.1, 0.15) is 11.5 Å². The molecule has 0 aliphatic heterocycles. The summed E-state index contributed by atoms with van der Waals surface area (Å²) in [5.41, 5.74) is 4.87. The summed E-state index contributed by atoms with van der Waals surface area (Å²) < 4.78 is 13.3. The van der Waals surface area contributed by atoms with Gasteiger partial charge in [0.2, 0.25) is 5.91 Å². The average Bonchev–Trinajstić information content (AvgIpc) is 2.48. The molecule has 2 aromatic rings. The third kappa shape index (κ3) is 3.61. The van der Waals surface area contributed by atoms with Crippen molar-refractivity contribution in [1.82, 2.24) is 15.8 Å². The fourth-order valence-electron chi connectivity index (χ4n) is 1.55. The molecule has 0 spiro atoms. The van der Waals surface area contributed by atoms with Gasteiger partial charge >= 0.3 is 0 Å². The second kappa shape index (κ2) is 6.42. The van der Waals surface area contributed by atoms with Crippen molar-refractivity contribution < 1.29 is 14.0 Å². The van der Waals surface area contributed by atoms with Gasteiger partial charge in [-0.3, -0.25) is 25.4 Å². The van der Waals surface area contributed by atoms with Crippen molar-refractivity contribution in [3.8, 4) is 0 Å². The van der Waals surface area contributed by atoms with E-state index in [2.05, 4.69) is 15.8 Å². The first-order valence-corrected chi connectivity index (χ1v) is 5.90. The Labute approximate surface area is 114 Å². The lowest BCUT2D eigenvalue weighted by molar-refractivity contribution is -0.121. The molecule has 1 heterocycles. The first-order valence-electron chi connectivity index (χ1n) is 5.90. The van der Waals surface area contributed by atoms with Crippen LogP contribution < -0.4 is 10.9 Å². The molecule has 2 N–H and O–H groups in total. The molecule has 6 heteroatoms. The lowest BCUT2D eigenvalue weighted by Crippen LogP contribution is -2.42. The van der Waals surface area contributed by atoms with Gasteiger partial charge in [0, 0.05) is 6.20 Å². The van der Waals surface area contributed by atoms with E-state index >= 15 is 0 Å². The number of benzene rings is 1. The van der Waals surface area contributed by atoms with Crippen LogP contribution in [0.3, 0.4) is 0 Å². The number of hydrazine groups is 1. The molecule has 1 aromatic heterocycles. The van der Waals surface area contributed by atoms with Crippen LogP contribution in [-0.4, -0.2) is 16.8 Å². The Hall–Kier alpha value is -2.76. The van der Waals surface area contributed by atoms with Crippen molar-refractivity contribution in [2.75, 3.05) is 0 Å². The number of halogens is 1. The Bertz CT molecular complexity index is 617. The smallest absolute Gasteiger partial charge is 0.273 e. The molecular weight excluding hydrogens is 261 g/mol. The van der Waals surface area contributed by atoms with Crippen LogP contribution in [0.5, 0.6) is 0 Å². The maximum atomic E-state index is 13.3. The molecule has 0 fully saturated rings. The van der Waals surface area contributed by atoms with E-state index < -0.39 is 17.6 Å². The Balaban J connectivity index is 1.87. The summed E-state index contributed by atoms with van der Waals surface area (Å²) in [7, 11) is 0. The second-order valence-corrected chi connectivity index (χ2v) is 3.99. The minimum atomic E-state index is -0.535. The molecule has 2 amide bonds. The Kier molecular flexibility index (Phi) is 4.39. The van der Waals surface area contributed by atoms with Crippen LogP contribution in [0, 0.1) is 5.82 Å². The Morgan fingerprint density at radius 1 is 1.05 bits per heavy atom. The topological polar surface area (TPSA) is 71.1 Å². The van der Waals surface area contributed by atoms with Crippen LogP contribution in [0.25, 0.3) is 0 Å². The number of nitrogens with zero attached hydrogens (tertiary/aromatic N) is 1. The fourth-order valence-corrected chi connectivity index (χ4v) is 1.55. The number of carbonyl (C=O) groups is 2. The van der Waals surface area contributed by atoms with Gasteiger partial charge in [-0.25, -0.2) is 4.39 Å². The normalized spacial score (nSPS) is 9.85. The molecule has 0 radical (unpaired) electrons. The van der Waals surface area contributed by atoms with Gasteiger partial charge in [-0.1, -0.05) is 24.3 Å². The largest absolute Gasteiger partial charge is 0.288 e. The minimum Gasteiger partial charge on any atom is -0.273 e. The number of amides is 2. The first-order chi connectivity index (χ1) is 9.66. The number of hydrogen-bond donors (Lipinski definition) is 2. The summed E-state index contributed by atoms with van der Waals surface area (Å²) in [5, 5.41) is 0. The lowest BCUT2D eigenvalue weighted by atomic mass is 10.1. The number of nitrogens with one attached hydrogen (secondary N) is 2. The predicted molar refractivity (Wildman–Crippen MR) is 69.9 cm³/mol. The number of pyridine rings is 1. The van der Waals surface area contributed by atoms with Crippen molar-refractivity contribution in [1.29, 1.82) is 0 Å². The monoisotopic (exact) mass is 273 g/mol. The number of carbonyl (C=O) groups excluding carboxylic acids is 2. The van der Waals surface area contributed by atoms with Gasteiger partial charge in [-0.05, 0) is 23.8 Å². The van der Waals surface area contributed by atoms with Crippen molar-refractivity contribution in [3.05, 3.63) is 65.7 Å². The number of hydrogen-bond acceptors (Lipinski definition) is 3. The van der Waals surface area contributed by atoms with Gasteiger partial charge in [0.15, 0.2) is 0 Å². The zero-order chi connectivity index (χ0) is 14.4. The zero-order valence-electron chi connectivity index (χ0n) is 10.5. The number of aromatic nitrogens is 1. The van der Waals surface area contributed by atoms with Gasteiger partial charge in [0.25, 0.3) is 5.91 Å². The summed E-state index contributed by atoms with van der Waals surface area (Å²) in [5.74, 6) is -1.51. The molecule has 0 saturated carbocycles. The zero-order valence-corrected chi connectivity index (χ0v) is 10.5. The molecule has 5 nitrogen and oxygen atoms in total. The molecule has 2 rings (SSSR count). The predicted octanol–water partition coefficient (Wildman–Crippen LogP) is 1.22. The summed E-state index contributed by atoms with van der Waals surface area (Å²) >= 11 is 0. The summed E-state index contributed by atoms with van der Waals surface area (Å²) in [4.78, 5) is 27.0. The maximum absolute atomic E-state index is 13.3. The molecule has 0 aliphatic carbocycles. The van der Waals surface area contributed by atoms with Crippen molar-refractivity contribution in [2.24, 2.45) is 0 Å². The minimum absolute atomic E-state index is 0.158. The molecule has 20 heavy (non-hydrogen) atoms. The third-order valence-electron chi connectivity index (χ3n) is 2.52. The maximum Gasteiger partial charge on any atom is 0.288 e. The molecular formula is C14H12FN3O2. The standard InChI is InChI=1S/C14H12FN3O2/c15-11-6-2-1-5-10(11)9-13(19)17-18-14(20)12-7-3-4-8-16-12/h1-8H,9H2,(H,17,19)(H,18,20). The summed E-state index contributed by atoms with van der Waals surface area (Å²) in [6.45, 7) is 0. The molecule has 1 aromatic carbocycles. The van der Waals surface area contributed by atoms with E-state index in [1.807, 2.05) is 0 Å². The molecule has 0 atom stereocenters. The van der Waals surface area contributed by atoms with Gasteiger partial charge in [-0.15, -0.1) is 0 Å². The molecule has 102 valence electrons. The second-order valence-electron chi connectivity index (χ2n) is 3.99. The van der Waals surface area contributed by atoms with Gasteiger partial charge < -0.3 is 0 Å². The summed E-state index contributed by atoms with van der Waals surface area (Å²) in [6.07, 6.45) is 1.31. The molecule has 0 aliphatic rings. The van der Waals surface area contributed by atoms with Crippen LogP contribution in [-0.2, 0) is 11.2 Å². The van der Waals surface area contributed by atoms with Crippen molar-refractivity contribution in [3.63, 3.8) is 0 Å². The molecule has 0 unspecified atom stereocenters. The van der Waals surface area contributed by atoms with Crippen LogP contribution >= 0.6 is 0 Å². The lowest BCUT2D eigenvalue weighted by Gasteiger charge is -2.07. The highest BCUT2D eigenvalue weighted by molar-refractivity contribution is 5.93. The highest BCUT2D eigenvalue weighted by atomic mass is 19.1. The Morgan fingerprint density at radius 2 is 1.80 bits per heavy atom. The number of rotatable bonds is 3. The van der Waals surface area contributed by atoms with Crippen LogP contribution in [0.4, 0.5) is 4.39 Å². The van der Waals surface area contributed by atoms with E-state index in [0.29, 0.717) is 0 Å². The van der Waals surface area contributed by atoms with E-state index in [-0.39, 0.29) is 17.7 Å². The van der Waals surface area contributed by atoms with Crippen LogP contribution in [0.2, 0.25) is 0 Å². The van der Waals surface area contributed by atoms with Crippen LogP contribution in [0.1, 0.15) is 16.1 Å². The highest BCUT2D eigenvalue weighted by Gasteiger charge is 2.10. The quantitative estimate of drug-likeness (QED) is 0.826. The third-order valence-corrected chi connectivity index (χ3v) is 2.52. The van der Waals surface area contributed by atoms with E-state index in [1.54, 1.807) is 24.3 Å². The van der Waals surface area contributed by atoms with Crippen molar-refractivity contribution in [2.45, 2.75) is 6.42 Å². The van der Waals surface area contributed by atoms with E-state index in [1.165, 1.54) is 24.4 Å². The molecule has 0 saturated heterocycles. The average molecular weight is 273 g/mol. The van der Waals surface area contributed by atoms with Gasteiger partial charge in [0.05, 0.1) is 6.42 Å².